The van der Waals surface area contributed by atoms with Crippen molar-refractivity contribution >= 4 is 16.8 Å². The van der Waals surface area contributed by atoms with Crippen LogP contribution in [0.25, 0.3) is 10.9 Å². The summed E-state index contributed by atoms with van der Waals surface area (Å²) in [5, 5.41) is 5.25. The Kier molecular flexibility index (Phi) is 4.60. The fourth-order valence-corrected chi connectivity index (χ4v) is 4.39. The summed E-state index contributed by atoms with van der Waals surface area (Å²) < 4.78 is 4.98. The van der Waals surface area contributed by atoms with Gasteiger partial charge >= 0.3 is 0 Å². The number of H-pyrrole nitrogens is 1. The number of carbonyl (C=O) groups excluding carboxylic acids is 1. The zero-order valence-corrected chi connectivity index (χ0v) is 16.0. The number of aryl methyl sites for hydroxylation is 1. The number of nitrogens with zero attached hydrogens (tertiary/aromatic N) is 3. The van der Waals surface area contributed by atoms with Crippen LogP contribution in [0.1, 0.15) is 35.2 Å². The van der Waals surface area contributed by atoms with Crippen molar-refractivity contribution in [2.75, 3.05) is 13.1 Å². The molecule has 2 aromatic heterocycles. The number of hydrogen-bond donors (Lipinski definition) is 1. The van der Waals surface area contributed by atoms with E-state index in [1.807, 2.05) is 41.4 Å². The summed E-state index contributed by atoms with van der Waals surface area (Å²) in [5.74, 6) is 1.06. The summed E-state index contributed by atoms with van der Waals surface area (Å²) in [7, 11) is 0. The Morgan fingerprint density at radius 1 is 1.07 bits per heavy atom. The quantitative estimate of drug-likeness (QED) is 0.565. The van der Waals surface area contributed by atoms with Gasteiger partial charge in [0.25, 0.3) is 0 Å². The first-order chi connectivity index (χ1) is 14.3. The van der Waals surface area contributed by atoms with E-state index < -0.39 is 0 Å². The highest BCUT2D eigenvalue weighted by Gasteiger charge is 2.39. The van der Waals surface area contributed by atoms with Crippen LogP contribution in [0.5, 0.6) is 0 Å². The first kappa shape index (κ1) is 17.7. The van der Waals surface area contributed by atoms with Gasteiger partial charge in [-0.15, -0.1) is 0 Å². The lowest BCUT2D eigenvalue weighted by molar-refractivity contribution is -0.130. The number of aromatic amines is 1. The standard InChI is InChI=1S/C23H22N4O2/c28-22(11-10-17-12-24-21-9-5-4-8-18(17)21)27-13-19(16-6-2-1-3-7-16)20(14-27)23-25-15-29-26-23/h1-9,12,15,19-20,24H,10-11,13-14H2. The summed E-state index contributed by atoms with van der Waals surface area (Å²) >= 11 is 0. The molecule has 1 aliphatic rings. The highest BCUT2D eigenvalue weighted by atomic mass is 16.5. The molecule has 1 aliphatic heterocycles. The summed E-state index contributed by atoms with van der Waals surface area (Å²) in [6.07, 6.45) is 4.58. The van der Waals surface area contributed by atoms with Crippen molar-refractivity contribution in [3.8, 4) is 0 Å². The molecule has 0 radical (unpaired) electrons. The molecule has 1 saturated heterocycles. The summed E-state index contributed by atoms with van der Waals surface area (Å²) in [5.41, 5.74) is 3.49. The highest BCUT2D eigenvalue weighted by molar-refractivity contribution is 5.84. The van der Waals surface area contributed by atoms with E-state index >= 15 is 0 Å². The molecule has 3 heterocycles. The van der Waals surface area contributed by atoms with E-state index in [4.69, 9.17) is 4.52 Å². The Hall–Kier alpha value is -3.41. The molecule has 0 aliphatic carbocycles. The van der Waals surface area contributed by atoms with Crippen molar-refractivity contribution in [2.45, 2.75) is 24.7 Å². The van der Waals surface area contributed by atoms with Crippen LogP contribution in [0.3, 0.4) is 0 Å². The first-order valence-electron chi connectivity index (χ1n) is 9.93. The van der Waals surface area contributed by atoms with Crippen LogP contribution in [0.2, 0.25) is 0 Å². The van der Waals surface area contributed by atoms with Crippen molar-refractivity contribution in [3.05, 3.63) is 84.1 Å². The van der Waals surface area contributed by atoms with E-state index in [-0.39, 0.29) is 17.7 Å². The van der Waals surface area contributed by atoms with Crippen molar-refractivity contribution in [1.82, 2.24) is 20.0 Å². The Morgan fingerprint density at radius 3 is 2.69 bits per heavy atom. The van der Waals surface area contributed by atoms with Crippen LogP contribution < -0.4 is 0 Å². The van der Waals surface area contributed by atoms with Crippen LogP contribution in [-0.2, 0) is 11.2 Å². The maximum atomic E-state index is 13.0. The van der Waals surface area contributed by atoms with Gasteiger partial charge in [0.15, 0.2) is 5.82 Å². The van der Waals surface area contributed by atoms with Crippen LogP contribution in [-0.4, -0.2) is 39.0 Å². The molecule has 2 unspecified atom stereocenters. The molecule has 29 heavy (non-hydrogen) atoms. The van der Waals surface area contributed by atoms with Gasteiger partial charge in [0, 0.05) is 48.4 Å². The number of amides is 1. The van der Waals surface area contributed by atoms with Gasteiger partial charge in [-0.2, -0.15) is 4.98 Å². The minimum Gasteiger partial charge on any atom is -0.361 e. The number of carbonyl (C=O) groups is 1. The summed E-state index contributed by atoms with van der Waals surface area (Å²) in [6, 6.07) is 18.5. The predicted molar refractivity (Wildman–Crippen MR) is 109 cm³/mol. The number of nitrogens with one attached hydrogen (secondary N) is 1. The summed E-state index contributed by atoms with van der Waals surface area (Å²) in [6.45, 7) is 1.29. The number of fused-ring (bicyclic) bond motifs is 1. The molecule has 4 aromatic rings. The third kappa shape index (κ3) is 3.42. The minimum absolute atomic E-state index is 0.0492. The Labute approximate surface area is 168 Å². The van der Waals surface area contributed by atoms with Gasteiger partial charge in [0.1, 0.15) is 0 Å². The summed E-state index contributed by atoms with van der Waals surface area (Å²) in [4.78, 5) is 22.5. The predicted octanol–water partition coefficient (Wildman–Crippen LogP) is 3.89. The van der Waals surface area contributed by atoms with E-state index in [1.54, 1.807) is 0 Å². The highest BCUT2D eigenvalue weighted by Crippen LogP contribution is 2.38. The molecule has 2 aromatic carbocycles. The van der Waals surface area contributed by atoms with Crippen LogP contribution in [0, 0.1) is 0 Å². The molecule has 0 spiro atoms. The average Bonchev–Trinajstić information content (AvgIpc) is 3.52. The molecule has 0 saturated carbocycles. The molecule has 5 rings (SSSR count). The van der Waals surface area contributed by atoms with Crippen LogP contribution in [0.4, 0.5) is 0 Å². The maximum Gasteiger partial charge on any atom is 0.222 e. The van der Waals surface area contributed by atoms with Gasteiger partial charge in [-0.25, -0.2) is 0 Å². The number of hydrogen-bond acceptors (Lipinski definition) is 4. The fourth-order valence-electron chi connectivity index (χ4n) is 4.39. The topological polar surface area (TPSA) is 75.0 Å². The molecule has 1 N–H and O–H groups in total. The van der Waals surface area contributed by atoms with Gasteiger partial charge in [0.05, 0.1) is 0 Å². The molecule has 2 atom stereocenters. The van der Waals surface area contributed by atoms with Gasteiger partial charge in [-0.3, -0.25) is 4.79 Å². The lowest BCUT2D eigenvalue weighted by Crippen LogP contribution is -2.29. The van der Waals surface area contributed by atoms with Gasteiger partial charge in [-0.05, 0) is 23.6 Å². The number of rotatable bonds is 5. The number of para-hydroxylation sites is 1. The van der Waals surface area contributed by atoms with Crippen molar-refractivity contribution in [3.63, 3.8) is 0 Å². The number of benzene rings is 2. The lowest BCUT2D eigenvalue weighted by Gasteiger charge is -2.16. The van der Waals surface area contributed by atoms with Crippen LogP contribution in [0.15, 0.2) is 71.7 Å². The zero-order chi connectivity index (χ0) is 19.6. The Bertz CT molecular complexity index is 1100. The monoisotopic (exact) mass is 386 g/mol. The van der Waals surface area contributed by atoms with E-state index in [0.29, 0.717) is 25.3 Å². The Morgan fingerprint density at radius 2 is 1.86 bits per heavy atom. The smallest absolute Gasteiger partial charge is 0.222 e. The van der Waals surface area contributed by atoms with Crippen molar-refractivity contribution < 1.29 is 9.32 Å². The first-order valence-corrected chi connectivity index (χ1v) is 9.93. The second kappa shape index (κ2) is 7.54. The zero-order valence-electron chi connectivity index (χ0n) is 16.0. The molecule has 1 fully saturated rings. The fraction of sp³-hybridized carbons (Fsp3) is 0.261. The SMILES string of the molecule is O=C(CCc1c[nH]c2ccccc12)N1CC(c2ccccc2)C(c2ncon2)C1. The molecular weight excluding hydrogens is 364 g/mol. The third-order valence-corrected chi connectivity index (χ3v) is 5.89. The average molecular weight is 386 g/mol. The third-order valence-electron chi connectivity index (χ3n) is 5.89. The van der Waals surface area contributed by atoms with Crippen molar-refractivity contribution in [1.29, 1.82) is 0 Å². The molecule has 6 heteroatoms. The van der Waals surface area contributed by atoms with Crippen LogP contribution >= 0.6 is 0 Å². The second-order valence-electron chi connectivity index (χ2n) is 7.57. The van der Waals surface area contributed by atoms with E-state index in [0.717, 1.165) is 11.9 Å². The van der Waals surface area contributed by atoms with Gasteiger partial charge < -0.3 is 14.4 Å². The minimum atomic E-state index is 0.0492. The lowest BCUT2D eigenvalue weighted by atomic mass is 9.88. The number of aromatic nitrogens is 3. The molecule has 6 nitrogen and oxygen atoms in total. The van der Waals surface area contributed by atoms with E-state index in [2.05, 4.69) is 39.4 Å². The van der Waals surface area contributed by atoms with Crippen molar-refractivity contribution in [2.24, 2.45) is 0 Å². The molecule has 146 valence electrons. The van der Waals surface area contributed by atoms with Gasteiger partial charge in [0.2, 0.25) is 12.3 Å². The number of likely N-dealkylation sites (tertiary alicyclic amines) is 1. The maximum absolute atomic E-state index is 13.0. The molecular formula is C23H22N4O2. The normalized spacial score (nSPS) is 19.1. The van der Waals surface area contributed by atoms with E-state index in [9.17, 15) is 4.79 Å². The van der Waals surface area contributed by atoms with E-state index in [1.165, 1.54) is 22.9 Å². The second-order valence-corrected chi connectivity index (χ2v) is 7.57. The van der Waals surface area contributed by atoms with Gasteiger partial charge in [-0.1, -0.05) is 53.7 Å². The Balaban J connectivity index is 1.32. The molecule has 1 amide bonds. The molecule has 0 bridgehead atoms. The largest absolute Gasteiger partial charge is 0.361 e.